The van der Waals surface area contributed by atoms with Crippen LogP contribution in [0, 0.1) is 12.3 Å². The Balaban J connectivity index is 1.98. The van der Waals surface area contributed by atoms with Gasteiger partial charge in [-0.25, -0.2) is 0 Å². The second-order valence-electron chi connectivity index (χ2n) is 5.58. The predicted molar refractivity (Wildman–Crippen MR) is 94.6 cm³/mol. The Bertz CT molecular complexity index is 671. The molecule has 2 aromatic carbocycles. The number of rotatable bonds is 6. The summed E-state index contributed by atoms with van der Waals surface area (Å²) in [5.74, 6) is 2.36. The van der Waals surface area contributed by atoms with E-state index in [0.717, 1.165) is 0 Å². The summed E-state index contributed by atoms with van der Waals surface area (Å²) in [6.45, 7) is 2.85. The number of carbonyl (C=O) groups excluding carboxylic acids is 1. The van der Waals surface area contributed by atoms with Gasteiger partial charge in [0.25, 0.3) is 0 Å². The van der Waals surface area contributed by atoms with Crippen LogP contribution < -0.4 is 5.32 Å². The first kappa shape index (κ1) is 16.8. The standard InChI is InChI=1S/C20H22N2O/c1-4-14-21-20(23)16(2)22(3)15-17-10-12-19(13-11-17)18-8-6-5-7-9-18/h1,5-13,16H,14-15H2,2-3H3,(H,21,23). The molecule has 0 heterocycles. The molecule has 0 bridgehead atoms. The molecular weight excluding hydrogens is 284 g/mol. The number of likely N-dealkylation sites (N-methyl/N-ethyl adjacent to an activating group) is 1. The highest BCUT2D eigenvalue weighted by atomic mass is 16.2. The number of nitrogens with zero attached hydrogens (tertiary/aromatic N) is 1. The molecule has 1 atom stereocenters. The zero-order valence-corrected chi connectivity index (χ0v) is 13.6. The lowest BCUT2D eigenvalue weighted by Crippen LogP contribution is -2.42. The van der Waals surface area contributed by atoms with Crippen LogP contribution in [0.15, 0.2) is 54.6 Å². The minimum Gasteiger partial charge on any atom is -0.344 e. The van der Waals surface area contributed by atoms with Gasteiger partial charge in [-0.2, -0.15) is 0 Å². The van der Waals surface area contributed by atoms with Gasteiger partial charge in [0.05, 0.1) is 12.6 Å². The summed E-state index contributed by atoms with van der Waals surface area (Å²) in [7, 11) is 1.94. The van der Waals surface area contributed by atoms with Gasteiger partial charge in [0.1, 0.15) is 0 Å². The summed E-state index contributed by atoms with van der Waals surface area (Å²) >= 11 is 0. The van der Waals surface area contributed by atoms with Crippen molar-refractivity contribution >= 4 is 5.91 Å². The normalized spacial score (nSPS) is 11.7. The maximum atomic E-state index is 11.9. The van der Waals surface area contributed by atoms with Gasteiger partial charge in [-0.3, -0.25) is 9.69 Å². The zero-order chi connectivity index (χ0) is 16.7. The van der Waals surface area contributed by atoms with E-state index in [-0.39, 0.29) is 18.5 Å². The van der Waals surface area contributed by atoms with Gasteiger partial charge >= 0.3 is 0 Å². The number of benzene rings is 2. The second-order valence-corrected chi connectivity index (χ2v) is 5.58. The Morgan fingerprint density at radius 2 is 1.74 bits per heavy atom. The first-order valence-corrected chi connectivity index (χ1v) is 7.67. The van der Waals surface area contributed by atoms with Crippen LogP contribution in [-0.2, 0) is 11.3 Å². The minimum absolute atomic E-state index is 0.0497. The summed E-state index contributed by atoms with van der Waals surface area (Å²) in [5, 5.41) is 2.71. The third-order valence-corrected chi connectivity index (χ3v) is 3.90. The van der Waals surface area contributed by atoms with Gasteiger partial charge in [-0.1, -0.05) is 60.5 Å². The molecule has 0 spiro atoms. The van der Waals surface area contributed by atoms with Gasteiger partial charge in [0.2, 0.25) is 5.91 Å². The molecule has 2 aromatic rings. The molecule has 1 N–H and O–H groups in total. The van der Waals surface area contributed by atoms with Gasteiger partial charge in [-0.05, 0) is 30.7 Å². The third kappa shape index (κ3) is 4.70. The van der Waals surface area contributed by atoms with E-state index in [9.17, 15) is 4.79 Å². The number of hydrogen-bond donors (Lipinski definition) is 1. The third-order valence-electron chi connectivity index (χ3n) is 3.90. The fourth-order valence-corrected chi connectivity index (χ4v) is 2.34. The van der Waals surface area contributed by atoms with Crippen LogP contribution in [0.1, 0.15) is 12.5 Å². The lowest BCUT2D eigenvalue weighted by molar-refractivity contribution is -0.125. The van der Waals surface area contributed by atoms with Crippen LogP contribution in [0.4, 0.5) is 0 Å². The van der Waals surface area contributed by atoms with Gasteiger partial charge in [0, 0.05) is 6.54 Å². The molecule has 2 rings (SSSR count). The first-order chi connectivity index (χ1) is 11.1. The Hall–Kier alpha value is -2.57. The molecule has 0 aromatic heterocycles. The smallest absolute Gasteiger partial charge is 0.237 e. The van der Waals surface area contributed by atoms with E-state index in [1.807, 2.05) is 37.1 Å². The first-order valence-electron chi connectivity index (χ1n) is 7.67. The average molecular weight is 306 g/mol. The quantitative estimate of drug-likeness (QED) is 0.832. The highest BCUT2D eigenvalue weighted by Crippen LogP contribution is 2.19. The van der Waals surface area contributed by atoms with Crippen molar-refractivity contribution in [2.75, 3.05) is 13.6 Å². The molecule has 0 aliphatic heterocycles. The molecule has 0 saturated heterocycles. The van der Waals surface area contributed by atoms with E-state index in [0.29, 0.717) is 6.54 Å². The SMILES string of the molecule is C#CCNC(=O)C(C)N(C)Cc1ccc(-c2ccccc2)cc1. The van der Waals surface area contributed by atoms with Crippen molar-refractivity contribution in [2.24, 2.45) is 0 Å². The van der Waals surface area contributed by atoms with E-state index in [1.165, 1.54) is 16.7 Å². The van der Waals surface area contributed by atoms with Crippen LogP contribution in [-0.4, -0.2) is 30.4 Å². The fourth-order valence-electron chi connectivity index (χ4n) is 2.34. The molecule has 0 aliphatic rings. The molecule has 1 unspecified atom stereocenters. The number of carbonyl (C=O) groups is 1. The minimum atomic E-state index is -0.225. The average Bonchev–Trinajstić information content (AvgIpc) is 2.60. The Labute approximate surface area is 138 Å². The van der Waals surface area contributed by atoms with Crippen LogP contribution in [0.3, 0.4) is 0 Å². The zero-order valence-electron chi connectivity index (χ0n) is 13.6. The molecule has 0 fully saturated rings. The Morgan fingerprint density at radius 1 is 1.13 bits per heavy atom. The fraction of sp³-hybridized carbons (Fsp3) is 0.250. The van der Waals surface area contributed by atoms with Crippen molar-refractivity contribution in [2.45, 2.75) is 19.5 Å². The van der Waals surface area contributed by atoms with Crippen molar-refractivity contribution in [3.05, 3.63) is 60.2 Å². The summed E-state index contributed by atoms with van der Waals surface area (Å²) in [6.07, 6.45) is 5.16. The molecule has 0 saturated carbocycles. The largest absolute Gasteiger partial charge is 0.344 e. The topological polar surface area (TPSA) is 32.3 Å². The summed E-state index contributed by atoms with van der Waals surface area (Å²) < 4.78 is 0. The number of hydrogen-bond acceptors (Lipinski definition) is 2. The molecule has 1 amide bonds. The lowest BCUT2D eigenvalue weighted by Gasteiger charge is -2.23. The highest BCUT2D eigenvalue weighted by molar-refractivity contribution is 5.81. The molecule has 3 nitrogen and oxygen atoms in total. The van der Waals surface area contributed by atoms with Crippen LogP contribution >= 0.6 is 0 Å². The number of nitrogens with one attached hydrogen (secondary N) is 1. The van der Waals surface area contributed by atoms with E-state index < -0.39 is 0 Å². The number of terminal acetylenes is 1. The molecular formula is C20H22N2O. The molecule has 23 heavy (non-hydrogen) atoms. The molecule has 0 aliphatic carbocycles. The number of amides is 1. The maximum Gasteiger partial charge on any atom is 0.237 e. The van der Waals surface area contributed by atoms with Crippen molar-refractivity contribution in [1.82, 2.24) is 10.2 Å². The second kappa shape index (κ2) is 8.17. The van der Waals surface area contributed by atoms with Crippen molar-refractivity contribution in [3.8, 4) is 23.5 Å². The molecule has 118 valence electrons. The van der Waals surface area contributed by atoms with E-state index in [2.05, 4.69) is 47.6 Å². The Kier molecular flexibility index (Phi) is 5.96. The van der Waals surface area contributed by atoms with Crippen LogP contribution in [0.25, 0.3) is 11.1 Å². The highest BCUT2D eigenvalue weighted by Gasteiger charge is 2.17. The van der Waals surface area contributed by atoms with E-state index in [4.69, 9.17) is 6.42 Å². The lowest BCUT2D eigenvalue weighted by atomic mass is 10.0. The van der Waals surface area contributed by atoms with Crippen LogP contribution in [0.2, 0.25) is 0 Å². The van der Waals surface area contributed by atoms with Crippen molar-refractivity contribution < 1.29 is 4.79 Å². The summed E-state index contributed by atoms with van der Waals surface area (Å²) in [5.41, 5.74) is 3.56. The van der Waals surface area contributed by atoms with Gasteiger partial charge in [0.15, 0.2) is 0 Å². The maximum absolute atomic E-state index is 11.9. The summed E-state index contributed by atoms with van der Waals surface area (Å²) in [4.78, 5) is 13.9. The predicted octanol–water partition coefficient (Wildman–Crippen LogP) is 2.92. The molecule has 3 heteroatoms. The van der Waals surface area contributed by atoms with E-state index >= 15 is 0 Å². The van der Waals surface area contributed by atoms with Crippen LogP contribution in [0.5, 0.6) is 0 Å². The monoisotopic (exact) mass is 306 g/mol. The van der Waals surface area contributed by atoms with Crippen molar-refractivity contribution in [3.63, 3.8) is 0 Å². The van der Waals surface area contributed by atoms with Gasteiger partial charge in [-0.15, -0.1) is 6.42 Å². The van der Waals surface area contributed by atoms with E-state index in [1.54, 1.807) is 0 Å². The summed E-state index contributed by atoms with van der Waals surface area (Å²) in [6, 6.07) is 18.5. The van der Waals surface area contributed by atoms with Gasteiger partial charge < -0.3 is 5.32 Å². The molecule has 0 radical (unpaired) electrons. The van der Waals surface area contributed by atoms with Crippen molar-refractivity contribution in [1.29, 1.82) is 0 Å². The Morgan fingerprint density at radius 3 is 2.35 bits per heavy atom.